The molecule has 0 amide bonds. The second kappa shape index (κ2) is 5.97. The van der Waals surface area contributed by atoms with Gasteiger partial charge in [0.05, 0.1) is 17.5 Å². The molecule has 19 heavy (non-hydrogen) atoms. The normalized spacial score (nSPS) is 12.3. The monoisotopic (exact) mass is 322 g/mol. The molecular weight excluding hydrogens is 310 g/mol. The van der Waals surface area contributed by atoms with Gasteiger partial charge in [0.1, 0.15) is 12.1 Å². The van der Waals surface area contributed by atoms with E-state index in [4.69, 9.17) is 0 Å². The lowest BCUT2D eigenvalue weighted by Gasteiger charge is -2.20. The lowest BCUT2D eigenvalue weighted by Crippen LogP contribution is -2.41. The van der Waals surface area contributed by atoms with E-state index in [1.807, 2.05) is 25.1 Å². The molecule has 0 aliphatic carbocycles. The van der Waals surface area contributed by atoms with Gasteiger partial charge >= 0.3 is 0 Å². The first-order valence-corrected chi connectivity index (χ1v) is 6.78. The minimum Gasteiger partial charge on any atom is -0.548 e. The summed E-state index contributed by atoms with van der Waals surface area (Å²) in [4.78, 5) is 19.3. The Labute approximate surface area is 119 Å². The van der Waals surface area contributed by atoms with Crippen LogP contribution in [-0.2, 0) is 4.79 Å². The van der Waals surface area contributed by atoms with E-state index in [2.05, 4.69) is 31.2 Å². The minimum absolute atomic E-state index is 0.488. The van der Waals surface area contributed by atoms with Crippen LogP contribution in [0.4, 0.5) is 5.82 Å². The van der Waals surface area contributed by atoms with E-state index < -0.39 is 12.0 Å². The van der Waals surface area contributed by atoms with Crippen LogP contribution >= 0.6 is 15.9 Å². The van der Waals surface area contributed by atoms with Crippen molar-refractivity contribution in [2.24, 2.45) is 0 Å². The van der Waals surface area contributed by atoms with Gasteiger partial charge in [0.25, 0.3) is 0 Å². The van der Waals surface area contributed by atoms with Gasteiger partial charge in [-0.1, -0.05) is 29.3 Å². The van der Waals surface area contributed by atoms with Crippen LogP contribution < -0.4 is 10.4 Å². The molecule has 0 fully saturated rings. The number of carbonyl (C=O) groups excluding carboxylic acids is 1. The van der Waals surface area contributed by atoms with E-state index in [9.17, 15) is 9.90 Å². The molecule has 5 nitrogen and oxygen atoms in total. The summed E-state index contributed by atoms with van der Waals surface area (Å²) in [6.45, 7) is 1.92. The van der Waals surface area contributed by atoms with Crippen molar-refractivity contribution in [2.75, 3.05) is 5.32 Å². The van der Waals surface area contributed by atoms with Crippen molar-refractivity contribution in [2.45, 2.75) is 25.8 Å². The Morgan fingerprint density at radius 1 is 1.47 bits per heavy atom. The van der Waals surface area contributed by atoms with E-state index in [1.54, 1.807) is 0 Å². The second-order valence-electron chi connectivity index (χ2n) is 4.19. The van der Waals surface area contributed by atoms with Crippen molar-refractivity contribution in [3.05, 3.63) is 29.0 Å². The maximum absolute atomic E-state index is 11.1. The van der Waals surface area contributed by atoms with Crippen molar-refractivity contribution in [3.63, 3.8) is 0 Å². The van der Waals surface area contributed by atoms with Gasteiger partial charge in [-0.3, -0.25) is 0 Å². The number of hydrogen-bond donors (Lipinski definition) is 1. The highest BCUT2D eigenvalue weighted by molar-refractivity contribution is 9.10. The highest BCUT2D eigenvalue weighted by atomic mass is 79.9. The second-order valence-corrected chi connectivity index (χ2v) is 5.10. The van der Waals surface area contributed by atoms with Gasteiger partial charge in [-0.2, -0.15) is 0 Å². The number of anilines is 1. The number of carboxylic acids is 1. The SMILES string of the molecule is CCC[C@H](Nc1ncnc2ccc(Br)cc12)C(=O)[O-]. The third-order valence-corrected chi connectivity index (χ3v) is 3.26. The molecule has 0 unspecified atom stereocenters. The quantitative estimate of drug-likeness (QED) is 0.906. The number of nitrogens with zero attached hydrogens (tertiary/aromatic N) is 2. The van der Waals surface area contributed by atoms with E-state index in [0.29, 0.717) is 12.2 Å². The van der Waals surface area contributed by atoms with Gasteiger partial charge in [-0.25, -0.2) is 9.97 Å². The van der Waals surface area contributed by atoms with Crippen LogP contribution in [-0.4, -0.2) is 22.0 Å². The number of rotatable bonds is 5. The van der Waals surface area contributed by atoms with Crippen LogP contribution in [0.15, 0.2) is 29.0 Å². The molecule has 0 bridgehead atoms. The van der Waals surface area contributed by atoms with E-state index >= 15 is 0 Å². The summed E-state index contributed by atoms with van der Waals surface area (Å²) in [5.41, 5.74) is 0.759. The maximum Gasteiger partial charge on any atom is 0.137 e. The highest BCUT2D eigenvalue weighted by Gasteiger charge is 2.12. The topological polar surface area (TPSA) is 77.9 Å². The van der Waals surface area contributed by atoms with Crippen LogP contribution in [0.5, 0.6) is 0 Å². The molecule has 0 spiro atoms. The number of benzene rings is 1. The van der Waals surface area contributed by atoms with E-state index in [1.165, 1.54) is 6.33 Å². The highest BCUT2D eigenvalue weighted by Crippen LogP contribution is 2.24. The summed E-state index contributed by atoms with van der Waals surface area (Å²) >= 11 is 3.38. The Bertz CT molecular complexity index is 603. The van der Waals surface area contributed by atoms with Crippen LogP contribution in [0.2, 0.25) is 0 Å². The summed E-state index contributed by atoms with van der Waals surface area (Å²) in [6, 6.07) is 4.83. The largest absolute Gasteiger partial charge is 0.548 e. The molecule has 0 aliphatic rings. The average molecular weight is 323 g/mol. The Morgan fingerprint density at radius 2 is 2.26 bits per heavy atom. The predicted octanol–water partition coefficient (Wildman–Crippen LogP) is 1.72. The third kappa shape index (κ3) is 3.20. The van der Waals surface area contributed by atoms with Crippen LogP contribution in [0.1, 0.15) is 19.8 Å². The summed E-state index contributed by atoms with van der Waals surface area (Å²) in [6.07, 6.45) is 2.65. The molecule has 1 N–H and O–H groups in total. The number of hydrogen-bond acceptors (Lipinski definition) is 5. The van der Waals surface area contributed by atoms with Gasteiger partial charge in [0, 0.05) is 9.86 Å². The van der Waals surface area contributed by atoms with Gasteiger partial charge in [0.2, 0.25) is 0 Å². The molecule has 0 saturated heterocycles. The Kier molecular flexibility index (Phi) is 4.31. The van der Waals surface area contributed by atoms with Gasteiger partial charge in [0.15, 0.2) is 0 Å². The first kappa shape index (κ1) is 13.7. The number of halogens is 1. The molecule has 0 saturated carbocycles. The summed E-state index contributed by atoms with van der Waals surface area (Å²) in [5, 5.41) is 14.8. The number of aromatic nitrogens is 2. The molecule has 0 aliphatic heterocycles. The lowest BCUT2D eigenvalue weighted by molar-refractivity contribution is -0.306. The molecule has 2 rings (SSSR count). The van der Waals surface area contributed by atoms with Crippen molar-refractivity contribution in [1.29, 1.82) is 0 Å². The molecule has 0 radical (unpaired) electrons. The summed E-state index contributed by atoms with van der Waals surface area (Å²) < 4.78 is 0.887. The zero-order valence-corrected chi connectivity index (χ0v) is 12.0. The zero-order valence-electron chi connectivity index (χ0n) is 10.4. The van der Waals surface area contributed by atoms with Crippen molar-refractivity contribution in [1.82, 2.24) is 9.97 Å². The predicted molar refractivity (Wildman–Crippen MR) is 74.6 cm³/mol. The van der Waals surface area contributed by atoms with Gasteiger partial charge in [-0.05, 0) is 24.6 Å². The number of carbonyl (C=O) groups is 1. The molecule has 1 aromatic heterocycles. The van der Waals surface area contributed by atoms with Crippen LogP contribution in [0.25, 0.3) is 10.9 Å². The molecular formula is C13H13BrN3O2-. The fourth-order valence-electron chi connectivity index (χ4n) is 1.85. The summed E-state index contributed by atoms with van der Waals surface area (Å²) in [7, 11) is 0. The molecule has 1 aromatic carbocycles. The minimum atomic E-state index is -1.12. The van der Waals surface area contributed by atoms with E-state index in [0.717, 1.165) is 21.8 Å². The smallest absolute Gasteiger partial charge is 0.137 e. The standard InChI is InChI=1S/C13H14BrN3O2/c1-2-3-11(13(18)19)17-12-9-6-8(14)4-5-10(9)15-7-16-12/h4-7,11H,2-3H2,1H3,(H,18,19)(H,15,16,17)/p-1/t11-/m0/s1. The summed E-state index contributed by atoms with van der Waals surface area (Å²) in [5.74, 6) is -0.613. The van der Waals surface area contributed by atoms with Crippen molar-refractivity contribution >= 4 is 38.6 Å². The first-order chi connectivity index (χ1) is 9.11. The number of fused-ring (bicyclic) bond motifs is 1. The molecule has 2 aromatic rings. The third-order valence-electron chi connectivity index (χ3n) is 2.77. The molecule has 1 heterocycles. The molecule has 1 atom stereocenters. The van der Waals surface area contributed by atoms with E-state index in [-0.39, 0.29) is 0 Å². The van der Waals surface area contributed by atoms with Gasteiger partial charge in [-0.15, -0.1) is 0 Å². The number of nitrogens with one attached hydrogen (secondary N) is 1. The zero-order chi connectivity index (χ0) is 13.8. The number of aliphatic carboxylic acids is 1. The van der Waals surface area contributed by atoms with Crippen molar-refractivity contribution in [3.8, 4) is 0 Å². The van der Waals surface area contributed by atoms with Crippen LogP contribution in [0.3, 0.4) is 0 Å². The average Bonchev–Trinajstić information content (AvgIpc) is 2.38. The van der Waals surface area contributed by atoms with Crippen LogP contribution in [0, 0.1) is 0 Å². The maximum atomic E-state index is 11.1. The number of carboxylic acid groups (broad SMARTS) is 1. The van der Waals surface area contributed by atoms with Crippen molar-refractivity contribution < 1.29 is 9.90 Å². The molecule has 100 valence electrons. The van der Waals surface area contributed by atoms with Gasteiger partial charge < -0.3 is 15.2 Å². The Morgan fingerprint density at radius 3 is 2.95 bits per heavy atom. The Hall–Kier alpha value is -1.69. The fraction of sp³-hybridized carbons (Fsp3) is 0.308. The molecule has 6 heteroatoms. The lowest BCUT2D eigenvalue weighted by atomic mass is 10.1. The fourth-order valence-corrected chi connectivity index (χ4v) is 2.21. The first-order valence-electron chi connectivity index (χ1n) is 5.99. The Balaban J connectivity index is 2.38.